The third-order valence-electron chi connectivity index (χ3n) is 7.01. The SMILES string of the molecule is Cn1nccc1-c1ccc(C#Cc2ccc(C(=O)NC(C(=O)NOC3CCCCO3)C(C)(C)NC(=O)OC(C)(C)C)cc2)cc1. The molecule has 1 aromatic heterocycles. The Labute approximate surface area is 264 Å². The predicted molar refractivity (Wildman–Crippen MR) is 169 cm³/mol. The molecule has 45 heavy (non-hydrogen) atoms. The molecular weight excluding hydrogens is 574 g/mol. The van der Waals surface area contributed by atoms with Crippen molar-refractivity contribution >= 4 is 17.9 Å². The number of amides is 3. The molecule has 0 aliphatic carbocycles. The monoisotopic (exact) mass is 615 g/mol. The van der Waals surface area contributed by atoms with Crippen LogP contribution >= 0.6 is 0 Å². The molecule has 238 valence electrons. The van der Waals surface area contributed by atoms with E-state index < -0.39 is 41.4 Å². The van der Waals surface area contributed by atoms with Crippen LogP contribution in [0.4, 0.5) is 4.79 Å². The first-order valence-corrected chi connectivity index (χ1v) is 14.9. The van der Waals surface area contributed by atoms with Gasteiger partial charge in [-0.05, 0) is 95.5 Å². The molecule has 11 nitrogen and oxygen atoms in total. The van der Waals surface area contributed by atoms with Crippen LogP contribution < -0.4 is 16.1 Å². The Morgan fingerprint density at radius 3 is 2.16 bits per heavy atom. The van der Waals surface area contributed by atoms with Crippen LogP contribution in [0.5, 0.6) is 0 Å². The summed E-state index contributed by atoms with van der Waals surface area (Å²) in [5, 5.41) is 9.65. The number of alkyl carbamates (subject to hydrolysis) is 1. The van der Waals surface area contributed by atoms with E-state index in [0.717, 1.165) is 29.7 Å². The second-order valence-electron chi connectivity index (χ2n) is 12.4. The molecule has 2 heterocycles. The van der Waals surface area contributed by atoms with Gasteiger partial charge in [0.05, 0.1) is 11.2 Å². The molecule has 2 atom stereocenters. The quantitative estimate of drug-likeness (QED) is 0.252. The number of hydrogen-bond acceptors (Lipinski definition) is 7. The molecule has 1 saturated heterocycles. The summed E-state index contributed by atoms with van der Waals surface area (Å²) in [7, 11) is 1.89. The fraction of sp³-hybridized carbons (Fsp3) is 0.412. The maximum absolute atomic E-state index is 13.3. The minimum atomic E-state index is -1.27. The summed E-state index contributed by atoms with van der Waals surface area (Å²) in [4.78, 5) is 44.7. The zero-order chi connectivity index (χ0) is 32.6. The average Bonchev–Trinajstić information content (AvgIpc) is 3.42. The average molecular weight is 616 g/mol. The summed E-state index contributed by atoms with van der Waals surface area (Å²) in [6.07, 6.45) is 2.89. The molecule has 11 heteroatoms. The van der Waals surface area contributed by atoms with Crippen molar-refractivity contribution in [3.8, 4) is 23.1 Å². The molecule has 1 aliphatic heterocycles. The molecular formula is C34H41N5O6. The van der Waals surface area contributed by atoms with Gasteiger partial charge in [-0.25, -0.2) is 15.1 Å². The fourth-order valence-electron chi connectivity index (χ4n) is 4.64. The van der Waals surface area contributed by atoms with E-state index in [0.29, 0.717) is 24.2 Å². The Balaban J connectivity index is 1.44. The second kappa shape index (κ2) is 14.4. The summed E-state index contributed by atoms with van der Waals surface area (Å²) in [6.45, 7) is 8.96. The van der Waals surface area contributed by atoms with Crippen molar-refractivity contribution in [1.82, 2.24) is 25.9 Å². The molecule has 3 amide bonds. The summed E-state index contributed by atoms with van der Waals surface area (Å²) >= 11 is 0. The van der Waals surface area contributed by atoms with Crippen molar-refractivity contribution in [2.45, 2.75) is 77.4 Å². The van der Waals surface area contributed by atoms with Crippen molar-refractivity contribution < 1.29 is 28.7 Å². The van der Waals surface area contributed by atoms with Crippen LogP contribution in [0.1, 0.15) is 75.4 Å². The van der Waals surface area contributed by atoms with E-state index in [1.54, 1.807) is 65.1 Å². The minimum absolute atomic E-state index is 0.309. The number of benzene rings is 2. The van der Waals surface area contributed by atoms with Crippen LogP contribution in [0.3, 0.4) is 0 Å². The number of ether oxygens (including phenoxy) is 2. The van der Waals surface area contributed by atoms with Crippen molar-refractivity contribution in [2.75, 3.05) is 6.61 Å². The van der Waals surface area contributed by atoms with E-state index in [-0.39, 0.29) is 0 Å². The van der Waals surface area contributed by atoms with E-state index in [1.807, 2.05) is 42.1 Å². The smallest absolute Gasteiger partial charge is 0.408 e. The highest BCUT2D eigenvalue weighted by Gasteiger charge is 2.39. The van der Waals surface area contributed by atoms with Gasteiger partial charge in [-0.2, -0.15) is 5.10 Å². The predicted octanol–water partition coefficient (Wildman–Crippen LogP) is 4.46. The van der Waals surface area contributed by atoms with Gasteiger partial charge in [-0.1, -0.05) is 24.0 Å². The van der Waals surface area contributed by atoms with Crippen LogP contribution in [0.2, 0.25) is 0 Å². The third-order valence-corrected chi connectivity index (χ3v) is 7.01. The Morgan fingerprint density at radius 1 is 0.956 bits per heavy atom. The zero-order valence-corrected chi connectivity index (χ0v) is 26.6. The number of carbonyl (C=O) groups is 3. The number of rotatable bonds is 8. The van der Waals surface area contributed by atoms with Crippen molar-refractivity contribution in [3.05, 3.63) is 77.5 Å². The van der Waals surface area contributed by atoms with Crippen molar-refractivity contribution in [2.24, 2.45) is 7.05 Å². The molecule has 0 bridgehead atoms. The molecule has 0 saturated carbocycles. The van der Waals surface area contributed by atoms with Crippen molar-refractivity contribution in [1.29, 1.82) is 0 Å². The van der Waals surface area contributed by atoms with Crippen LogP contribution in [0.25, 0.3) is 11.3 Å². The van der Waals surface area contributed by atoms with Gasteiger partial charge in [0.2, 0.25) is 0 Å². The first-order chi connectivity index (χ1) is 21.3. The summed E-state index contributed by atoms with van der Waals surface area (Å²) in [6, 6.07) is 15.3. The van der Waals surface area contributed by atoms with E-state index >= 15 is 0 Å². The van der Waals surface area contributed by atoms with Gasteiger partial charge < -0.3 is 20.1 Å². The molecule has 0 radical (unpaired) electrons. The van der Waals surface area contributed by atoms with E-state index in [4.69, 9.17) is 14.3 Å². The molecule has 1 fully saturated rings. The first-order valence-electron chi connectivity index (χ1n) is 14.9. The highest BCUT2D eigenvalue weighted by molar-refractivity contribution is 5.98. The lowest BCUT2D eigenvalue weighted by molar-refractivity contribution is -0.201. The van der Waals surface area contributed by atoms with E-state index in [2.05, 4.69) is 33.1 Å². The number of hydroxylamine groups is 1. The summed E-state index contributed by atoms with van der Waals surface area (Å²) in [5.41, 5.74) is 4.30. The summed E-state index contributed by atoms with van der Waals surface area (Å²) < 4.78 is 12.7. The molecule has 4 rings (SSSR count). The van der Waals surface area contributed by atoms with Gasteiger partial charge in [-0.15, -0.1) is 0 Å². The Bertz CT molecular complexity index is 1540. The van der Waals surface area contributed by atoms with Gasteiger partial charge >= 0.3 is 6.09 Å². The lowest BCUT2D eigenvalue weighted by atomic mass is 9.93. The number of nitrogens with one attached hydrogen (secondary N) is 3. The van der Waals surface area contributed by atoms with Crippen LogP contribution in [-0.2, 0) is 26.2 Å². The van der Waals surface area contributed by atoms with Gasteiger partial charge in [0.15, 0.2) is 6.29 Å². The van der Waals surface area contributed by atoms with E-state index in [9.17, 15) is 14.4 Å². The van der Waals surface area contributed by atoms with Crippen LogP contribution in [0, 0.1) is 11.8 Å². The molecule has 1 aliphatic rings. The number of hydrogen-bond donors (Lipinski definition) is 3. The van der Waals surface area contributed by atoms with E-state index in [1.165, 1.54) is 0 Å². The van der Waals surface area contributed by atoms with Crippen LogP contribution in [0.15, 0.2) is 60.8 Å². The number of aryl methyl sites for hydroxylation is 1. The first kappa shape index (κ1) is 33.2. The molecule has 3 aromatic rings. The zero-order valence-electron chi connectivity index (χ0n) is 26.6. The fourth-order valence-corrected chi connectivity index (χ4v) is 4.64. The minimum Gasteiger partial charge on any atom is -0.444 e. The lowest BCUT2D eigenvalue weighted by Crippen LogP contribution is -2.65. The molecule has 0 spiro atoms. The number of nitrogens with zero attached hydrogens (tertiary/aromatic N) is 2. The Morgan fingerprint density at radius 2 is 1.60 bits per heavy atom. The van der Waals surface area contributed by atoms with Crippen molar-refractivity contribution in [3.63, 3.8) is 0 Å². The normalized spacial score (nSPS) is 15.6. The maximum Gasteiger partial charge on any atom is 0.408 e. The standard InChI is InChI=1S/C34H41N5O6/c1-33(2,3)44-32(42)37-34(4,5)29(31(41)38-45-28-9-7-8-22-43-28)36-30(40)26-18-14-24(15-19-26)11-10-23-12-16-25(17-13-23)27-20-21-35-39(27)6/h12-21,28-29H,7-9,22H2,1-6H3,(H,36,40)(H,37,42)(H,38,41). The Kier molecular flexibility index (Phi) is 10.6. The van der Waals surface area contributed by atoms with Gasteiger partial charge in [0.1, 0.15) is 11.6 Å². The Hall–Kier alpha value is -4.66. The van der Waals surface area contributed by atoms with Gasteiger partial charge in [0.25, 0.3) is 11.8 Å². The number of aromatic nitrogens is 2. The lowest BCUT2D eigenvalue weighted by Gasteiger charge is -2.35. The van der Waals surface area contributed by atoms with Gasteiger partial charge in [-0.3, -0.25) is 14.3 Å². The van der Waals surface area contributed by atoms with Gasteiger partial charge in [0, 0.05) is 43.0 Å². The third kappa shape index (κ3) is 9.66. The largest absolute Gasteiger partial charge is 0.444 e. The van der Waals surface area contributed by atoms with Crippen LogP contribution in [-0.4, -0.2) is 57.8 Å². The maximum atomic E-state index is 13.3. The molecule has 2 aromatic carbocycles. The second-order valence-corrected chi connectivity index (χ2v) is 12.4. The summed E-state index contributed by atoms with van der Waals surface area (Å²) in [5.74, 6) is 5.07. The molecule has 3 N–H and O–H groups in total. The molecule has 2 unspecified atom stereocenters. The highest BCUT2D eigenvalue weighted by atomic mass is 16.8. The number of carbonyl (C=O) groups excluding carboxylic acids is 3. The highest BCUT2D eigenvalue weighted by Crippen LogP contribution is 2.19. The topological polar surface area (TPSA) is 133 Å².